The molecule has 0 unspecified atom stereocenters. The molecule has 86 valence electrons. The van der Waals surface area contributed by atoms with Gasteiger partial charge < -0.3 is 4.90 Å². The first kappa shape index (κ1) is 10.2. The molecule has 2 nitrogen and oxygen atoms in total. The predicted octanol–water partition coefficient (Wildman–Crippen LogP) is 2.71. The lowest BCUT2D eigenvalue weighted by atomic mass is 9.98. The number of para-hydroxylation sites is 1. The van der Waals surface area contributed by atoms with Gasteiger partial charge in [-0.05, 0) is 31.9 Å². The van der Waals surface area contributed by atoms with E-state index in [4.69, 9.17) is 0 Å². The summed E-state index contributed by atoms with van der Waals surface area (Å²) in [7, 11) is 0. The summed E-state index contributed by atoms with van der Waals surface area (Å²) in [5.74, 6) is 0. The Labute approximate surface area is 97.9 Å². The number of anilines is 1. The Hall–Kier alpha value is -1.02. The third-order valence-corrected chi connectivity index (χ3v) is 4.08. The third-order valence-electron chi connectivity index (χ3n) is 4.08. The number of piperidine rings is 1. The molecule has 2 heteroatoms. The Kier molecular flexibility index (Phi) is 2.60. The summed E-state index contributed by atoms with van der Waals surface area (Å²) in [5.41, 5.74) is 1.38. The van der Waals surface area contributed by atoms with Crippen molar-refractivity contribution in [3.05, 3.63) is 30.3 Å². The average molecular weight is 216 g/mol. The lowest BCUT2D eigenvalue weighted by molar-refractivity contribution is 0.140. The average Bonchev–Trinajstić information content (AvgIpc) is 2.76. The minimum absolute atomic E-state index is 0.771. The van der Waals surface area contributed by atoms with E-state index >= 15 is 0 Å². The van der Waals surface area contributed by atoms with Gasteiger partial charge in [-0.2, -0.15) is 0 Å². The molecular weight excluding hydrogens is 196 g/mol. The molecular formula is C14H20N2. The standard InChI is InChI=1S/C14H20N2/c1-12-6-5-9-14-10-15(11-16(12)14)13-7-3-2-4-8-13/h2-4,7-8,12,14H,5-6,9-11H2,1H3/t12-,14-/m1/s1. The normalized spacial score (nSPS) is 30.4. The van der Waals surface area contributed by atoms with Crippen LogP contribution in [0.5, 0.6) is 0 Å². The van der Waals surface area contributed by atoms with Crippen molar-refractivity contribution in [2.45, 2.75) is 38.3 Å². The second-order valence-corrected chi connectivity index (χ2v) is 5.15. The molecule has 0 saturated carbocycles. The number of rotatable bonds is 1. The Morgan fingerprint density at radius 1 is 1.12 bits per heavy atom. The molecule has 2 atom stereocenters. The summed E-state index contributed by atoms with van der Waals surface area (Å²) in [6, 6.07) is 12.4. The molecule has 0 amide bonds. The summed E-state index contributed by atoms with van der Waals surface area (Å²) in [5, 5.41) is 0. The monoisotopic (exact) mass is 216 g/mol. The number of hydrogen-bond donors (Lipinski definition) is 0. The van der Waals surface area contributed by atoms with Gasteiger partial charge in [-0.3, -0.25) is 4.90 Å². The molecule has 1 aromatic carbocycles. The van der Waals surface area contributed by atoms with E-state index in [1.165, 1.54) is 31.5 Å². The van der Waals surface area contributed by atoms with Gasteiger partial charge in [0.1, 0.15) is 0 Å². The van der Waals surface area contributed by atoms with E-state index in [9.17, 15) is 0 Å². The smallest absolute Gasteiger partial charge is 0.0713 e. The van der Waals surface area contributed by atoms with Gasteiger partial charge in [0.2, 0.25) is 0 Å². The number of hydrogen-bond acceptors (Lipinski definition) is 2. The van der Waals surface area contributed by atoms with E-state index in [-0.39, 0.29) is 0 Å². The van der Waals surface area contributed by atoms with Crippen molar-refractivity contribution in [2.24, 2.45) is 0 Å². The van der Waals surface area contributed by atoms with E-state index in [0.717, 1.165) is 18.8 Å². The van der Waals surface area contributed by atoms with E-state index in [0.29, 0.717) is 0 Å². The van der Waals surface area contributed by atoms with Crippen LogP contribution in [0.4, 0.5) is 5.69 Å². The lowest BCUT2D eigenvalue weighted by Crippen LogP contribution is -2.41. The summed E-state index contributed by atoms with van der Waals surface area (Å²) in [4.78, 5) is 5.20. The Bertz CT molecular complexity index is 349. The summed E-state index contributed by atoms with van der Waals surface area (Å²) < 4.78 is 0. The second kappa shape index (κ2) is 4.10. The van der Waals surface area contributed by atoms with Gasteiger partial charge in [0.25, 0.3) is 0 Å². The predicted molar refractivity (Wildman–Crippen MR) is 67.6 cm³/mol. The highest BCUT2D eigenvalue weighted by molar-refractivity contribution is 5.47. The first-order chi connectivity index (χ1) is 7.84. The van der Waals surface area contributed by atoms with Crippen LogP contribution in [0.15, 0.2) is 30.3 Å². The highest BCUT2D eigenvalue weighted by atomic mass is 15.4. The van der Waals surface area contributed by atoms with Crippen molar-refractivity contribution >= 4 is 5.69 Å². The fourth-order valence-corrected chi connectivity index (χ4v) is 3.13. The molecule has 2 aliphatic rings. The highest BCUT2D eigenvalue weighted by Gasteiger charge is 2.35. The van der Waals surface area contributed by atoms with Crippen molar-refractivity contribution in [3.63, 3.8) is 0 Å². The number of fused-ring (bicyclic) bond motifs is 1. The van der Waals surface area contributed by atoms with Crippen LogP contribution in [0.3, 0.4) is 0 Å². The molecule has 0 N–H and O–H groups in total. The van der Waals surface area contributed by atoms with E-state index in [1.54, 1.807) is 0 Å². The Morgan fingerprint density at radius 3 is 2.69 bits per heavy atom. The molecule has 0 radical (unpaired) electrons. The van der Waals surface area contributed by atoms with Gasteiger partial charge in [-0.15, -0.1) is 0 Å². The van der Waals surface area contributed by atoms with Gasteiger partial charge in [0.15, 0.2) is 0 Å². The summed E-state index contributed by atoms with van der Waals surface area (Å²) >= 11 is 0. The van der Waals surface area contributed by atoms with Crippen molar-refractivity contribution in [2.75, 3.05) is 18.1 Å². The SMILES string of the molecule is C[C@@H]1CCC[C@@H]2CN(c3ccccc3)CN21. The first-order valence-electron chi connectivity index (χ1n) is 6.40. The van der Waals surface area contributed by atoms with Gasteiger partial charge in [-0.1, -0.05) is 24.6 Å². The van der Waals surface area contributed by atoms with Crippen molar-refractivity contribution in [1.29, 1.82) is 0 Å². The lowest BCUT2D eigenvalue weighted by Gasteiger charge is -2.34. The zero-order valence-corrected chi connectivity index (χ0v) is 9.97. The van der Waals surface area contributed by atoms with Gasteiger partial charge in [0, 0.05) is 24.3 Å². The van der Waals surface area contributed by atoms with Gasteiger partial charge in [0.05, 0.1) is 6.67 Å². The molecule has 16 heavy (non-hydrogen) atoms. The molecule has 2 aliphatic heterocycles. The molecule has 1 aromatic rings. The van der Waals surface area contributed by atoms with Crippen LogP contribution >= 0.6 is 0 Å². The molecule has 2 heterocycles. The van der Waals surface area contributed by atoms with E-state index in [2.05, 4.69) is 47.1 Å². The van der Waals surface area contributed by atoms with Crippen LogP contribution in [-0.4, -0.2) is 30.2 Å². The van der Waals surface area contributed by atoms with Crippen LogP contribution < -0.4 is 4.90 Å². The van der Waals surface area contributed by atoms with Gasteiger partial charge >= 0.3 is 0 Å². The molecule has 0 bridgehead atoms. The van der Waals surface area contributed by atoms with Crippen molar-refractivity contribution in [1.82, 2.24) is 4.90 Å². The van der Waals surface area contributed by atoms with Crippen LogP contribution in [0, 0.1) is 0 Å². The quantitative estimate of drug-likeness (QED) is 0.712. The van der Waals surface area contributed by atoms with E-state index < -0.39 is 0 Å². The maximum Gasteiger partial charge on any atom is 0.0713 e. The van der Waals surface area contributed by atoms with Crippen LogP contribution in [0.2, 0.25) is 0 Å². The zero-order valence-electron chi connectivity index (χ0n) is 9.97. The minimum atomic E-state index is 0.771. The Morgan fingerprint density at radius 2 is 1.94 bits per heavy atom. The van der Waals surface area contributed by atoms with Crippen LogP contribution in [0.25, 0.3) is 0 Å². The number of benzene rings is 1. The topological polar surface area (TPSA) is 6.48 Å². The van der Waals surface area contributed by atoms with Crippen LogP contribution in [-0.2, 0) is 0 Å². The molecule has 0 aliphatic carbocycles. The maximum atomic E-state index is 2.68. The van der Waals surface area contributed by atoms with Crippen molar-refractivity contribution < 1.29 is 0 Å². The van der Waals surface area contributed by atoms with Crippen molar-refractivity contribution in [3.8, 4) is 0 Å². The molecule has 0 spiro atoms. The molecule has 3 rings (SSSR count). The first-order valence-corrected chi connectivity index (χ1v) is 6.40. The molecule has 2 saturated heterocycles. The second-order valence-electron chi connectivity index (χ2n) is 5.15. The third kappa shape index (κ3) is 1.71. The Balaban J connectivity index is 1.77. The van der Waals surface area contributed by atoms with Crippen LogP contribution in [0.1, 0.15) is 26.2 Å². The summed E-state index contributed by atoms with van der Waals surface area (Å²) in [6.45, 7) is 4.71. The van der Waals surface area contributed by atoms with E-state index in [1.807, 2.05) is 0 Å². The highest BCUT2D eigenvalue weighted by Crippen LogP contribution is 2.30. The maximum absolute atomic E-state index is 2.68. The molecule has 2 fully saturated rings. The zero-order chi connectivity index (χ0) is 11.0. The molecule has 0 aromatic heterocycles. The summed E-state index contributed by atoms with van der Waals surface area (Å²) in [6.07, 6.45) is 4.16. The fourth-order valence-electron chi connectivity index (χ4n) is 3.13. The fraction of sp³-hybridized carbons (Fsp3) is 0.571. The largest absolute Gasteiger partial charge is 0.357 e. The minimum Gasteiger partial charge on any atom is -0.357 e. The van der Waals surface area contributed by atoms with Gasteiger partial charge in [-0.25, -0.2) is 0 Å². The number of nitrogens with zero attached hydrogens (tertiary/aromatic N) is 2.